The molecule has 0 bridgehead atoms. The molecule has 16 heteroatoms. The molecule has 0 radical (unpaired) electrons. The number of hydrogen-bond acceptors (Lipinski definition) is 12. The molecule has 0 heterocycles. The minimum absolute atomic E-state index is 0.0916. The Bertz CT molecular complexity index is 1350. The van der Waals surface area contributed by atoms with Gasteiger partial charge in [-0.1, -0.05) is 13.8 Å². The van der Waals surface area contributed by atoms with Crippen molar-refractivity contribution in [3.05, 3.63) is 20.2 Å². The summed E-state index contributed by atoms with van der Waals surface area (Å²) in [6.45, 7) is 5.27. The largest absolute Gasteiger partial charge is 0.481 e. The highest BCUT2D eigenvalue weighted by atomic mass is 17.1. The summed E-state index contributed by atoms with van der Waals surface area (Å²) in [6, 6.07) is -1.75. The van der Waals surface area contributed by atoms with Crippen LogP contribution in [0.3, 0.4) is 0 Å². The Kier molecular flexibility index (Phi) is 16.8. The number of nitrogens with one attached hydrogen (secondary N) is 2. The van der Waals surface area contributed by atoms with Gasteiger partial charge in [0.25, 0.3) is 0 Å². The first-order valence-corrected chi connectivity index (χ1v) is 23.1. The van der Waals surface area contributed by atoms with Gasteiger partial charge in [-0.2, -0.15) is 5.48 Å². The quantitative estimate of drug-likeness (QED) is 0.0652. The molecular formula is C43H72N4O12. The van der Waals surface area contributed by atoms with Crippen molar-refractivity contribution in [2.45, 2.75) is 204 Å². The van der Waals surface area contributed by atoms with Gasteiger partial charge in [-0.3, -0.25) is 35.1 Å². The van der Waals surface area contributed by atoms with Crippen molar-refractivity contribution in [3.63, 3.8) is 0 Å². The predicted octanol–water partition coefficient (Wildman–Crippen LogP) is 7.12. The summed E-state index contributed by atoms with van der Waals surface area (Å²) in [7, 11) is 0. The zero-order valence-electron chi connectivity index (χ0n) is 35.4. The number of aliphatic carboxylic acids is 1. The molecule has 59 heavy (non-hydrogen) atoms. The molecule has 0 spiro atoms. The number of carboxylic acids is 1. The molecule has 0 aromatic heterocycles. The highest BCUT2D eigenvalue weighted by Crippen LogP contribution is 2.49. The van der Waals surface area contributed by atoms with Crippen LogP contribution in [0.5, 0.6) is 0 Å². The maximum absolute atomic E-state index is 13.2. The zero-order chi connectivity index (χ0) is 42.1. The van der Waals surface area contributed by atoms with Crippen LogP contribution in [-0.2, 0) is 28.8 Å². The molecule has 0 aliphatic heterocycles. The zero-order valence-corrected chi connectivity index (χ0v) is 35.4. The number of nitro groups is 2. The number of nitrogens with zero attached hydrogens (tertiary/aromatic N) is 2. The van der Waals surface area contributed by atoms with E-state index >= 15 is 0 Å². The van der Waals surface area contributed by atoms with E-state index < -0.39 is 40.7 Å². The molecule has 16 nitrogen and oxygen atoms in total. The van der Waals surface area contributed by atoms with Crippen LogP contribution in [0, 0.1) is 61.2 Å². The smallest absolute Gasteiger partial charge is 0.307 e. The number of hydroxylamine groups is 1. The first-order chi connectivity index (χ1) is 28.3. The molecular weight excluding hydrogens is 764 g/mol. The summed E-state index contributed by atoms with van der Waals surface area (Å²) < 4.78 is 13.3. The van der Waals surface area contributed by atoms with E-state index in [1.165, 1.54) is 25.7 Å². The van der Waals surface area contributed by atoms with Crippen molar-refractivity contribution >= 4 is 11.9 Å². The van der Waals surface area contributed by atoms with Crippen LogP contribution < -0.4 is 10.8 Å². The van der Waals surface area contributed by atoms with E-state index in [1.54, 1.807) is 0 Å². The Morgan fingerprint density at radius 3 is 1.61 bits per heavy atom. The van der Waals surface area contributed by atoms with Gasteiger partial charge in [0, 0.05) is 34.8 Å². The van der Waals surface area contributed by atoms with Gasteiger partial charge >= 0.3 is 5.97 Å². The SMILES string of the molecule is CC(C)(C1CCC(OC2CCC(NOCC3C(COO)CCCC3[N+](=O)[O-])CC2)CC1)C1CCC(OC2CCC(NC(=O)C3C(C(=O)O)CCCC3[N+](=O)[O-])CC2)CC1. The molecule has 6 fully saturated rings. The van der Waals surface area contributed by atoms with Crippen molar-refractivity contribution in [1.82, 2.24) is 10.8 Å². The summed E-state index contributed by atoms with van der Waals surface area (Å²) in [6.07, 6.45) is 19.9. The van der Waals surface area contributed by atoms with Crippen molar-refractivity contribution < 1.29 is 49.0 Å². The normalized spacial score (nSPS) is 38.6. The summed E-state index contributed by atoms with van der Waals surface area (Å²) in [5.41, 5.74) is 3.44. The van der Waals surface area contributed by atoms with Crippen LogP contribution in [0.1, 0.15) is 155 Å². The van der Waals surface area contributed by atoms with Gasteiger partial charge < -0.3 is 24.7 Å². The lowest BCUT2D eigenvalue weighted by molar-refractivity contribution is -0.540. The van der Waals surface area contributed by atoms with Gasteiger partial charge in [0.1, 0.15) is 5.92 Å². The summed E-state index contributed by atoms with van der Waals surface area (Å²) in [5, 5.41) is 45.0. The molecule has 0 saturated heterocycles. The molecule has 0 aromatic rings. The Morgan fingerprint density at radius 1 is 0.644 bits per heavy atom. The van der Waals surface area contributed by atoms with Crippen LogP contribution >= 0.6 is 0 Å². The predicted molar refractivity (Wildman–Crippen MR) is 216 cm³/mol. The van der Waals surface area contributed by atoms with Gasteiger partial charge in [0.15, 0.2) is 0 Å². The van der Waals surface area contributed by atoms with E-state index in [-0.39, 0.29) is 72.2 Å². The molecule has 4 N–H and O–H groups in total. The lowest BCUT2D eigenvalue weighted by Crippen LogP contribution is -2.52. The average Bonchev–Trinajstić information content (AvgIpc) is 3.22. The van der Waals surface area contributed by atoms with Gasteiger partial charge in [-0.25, -0.2) is 4.89 Å². The van der Waals surface area contributed by atoms with Gasteiger partial charge in [0.2, 0.25) is 18.0 Å². The summed E-state index contributed by atoms with van der Waals surface area (Å²) in [5.74, 6) is -2.82. The third-order valence-corrected chi connectivity index (χ3v) is 15.9. The number of hydrogen-bond donors (Lipinski definition) is 4. The van der Waals surface area contributed by atoms with Crippen LogP contribution in [0.15, 0.2) is 0 Å². The van der Waals surface area contributed by atoms with E-state index in [0.717, 1.165) is 89.9 Å². The number of carbonyl (C=O) groups excluding carboxylic acids is 1. The minimum atomic E-state index is -1.15. The highest BCUT2D eigenvalue weighted by Gasteiger charge is 2.49. The number of ether oxygens (including phenoxy) is 2. The molecule has 6 atom stereocenters. The van der Waals surface area contributed by atoms with Crippen LogP contribution in [0.2, 0.25) is 0 Å². The molecule has 6 unspecified atom stereocenters. The number of carboxylic acid groups (broad SMARTS) is 1. The number of rotatable bonds is 17. The topological polar surface area (TPSA) is 222 Å². The Morgan fingerprint density at radius 2 is 1.12 bits per heavy atom. The molecule has 0 aromatic carbocycles. The van der Waals surface area contributed by atoms with Gasteiger partial charge in [-0.05, 0) is 152 Å². The van der Waals surface area contributed by atoms with Crippen LogP contribution in [0.25, 0.3) is 0 Å². The maximum atomic E-state index is 13.2. The third-order valence-electron chi connectivity index (χ3n) is 15.9. The summed E-state index contributed by atoms with van der Waals surface area (Å²) >= 11 is 0. The lowest BCUT2D eigenvalue weighted by Gasteiger charge is -2.47. The van der Waals surface area contributed by atoms with E-state index in [0.29, 0.717) is 37.2 Å². The second-order valence-electron chi connectivity index (χ2n) is 19.7. The molecule has 6 saturated carbocycles. The number of amides is 1. The first kappa shape index (κ1) is 46.0. The highest BCUT2D eigenvalue weighted by molar-refractivity contribution is 5.85. The fourth-order valence-electron chi connectivity index (χ4n) is 12.2. The van der Waals surface area contributed by atoms with Crippen molar-refractivity contribution in [1.29, 1.82) is 0 Å². The number of carbonyl (C=O) groups is 2. The van der Waals surface area contributed by atoms with Crippen LogP contribution in [0.4, 0.5) is 0 Å². The van der Waals surface area contributed by atoms with Crippen LogP contribution in [-0.4, -0.2) is 93.9 Å². The summed E-state index contributed by atoms with van der Waals surface area (Å²) in [4.78, 5) is 57.9. The Labute approximate surface area is 349 Å². The molecule has 1 amide bonds. The maximum Gasteiger partial charge on any atom is 0.307 e. The second kappa shape index (κ2) is 21.5. The Hall–Kier alpha value is -2.50. The minimum Gasteiger partial charge on any atom is -0.481 e. The van der Waals surface area contributed by atoms with Gasteiger partial charge in [-0.15, -0.1) is 0 Å². The lowest BCUT2D eigenvalue weighted by atomic mass is 9.60. The fourth-order valence-corrected chi connectivity index (χ4v) is 12.2. The van der Waals surface area contributed by atoms with Crippen molar-refractivity contribution in [2.24, 2.45) is 40.9 Å². The van der Waals surface area contributed by atoms with Crippen molar-refractivity contribution in [2.75, 3.05) is 13.2 Å². The fraction of sp³-hybridized carbons (Fsp3) is 0.953. The third kappa shape index (κ3) is 12.1. The Balaban J connectivity index is 0.842. The van der Waals surface area contributed by atoms with E-state index in [9.17, 15) is 34.9 Å². The molecule has 6 rings (SSSR count). The average molecular weight is 837 g/mol. The van der Waals surface area contributed by atoms with Gasteiger partial charge in [0.05, 0.1) is 49.5 Å². The van der Waals surface area contributed by atoms with E-state index in [2.05, 4.69) is 29.5 Å². The molecule has 6 aliphatic rings. The molecule has 336 valence electrons. The second-order valence-corrected chi connectivity index (χ2v) is 19.7. The standard InChI is InChI=1S/C43H72N4O12/c1-43(2,28-9-17-32(18-10-28)58-34-21-13-30(14-22-34)44-41(48)40-36(42(49)50)6-4-8-39(40)47(53)54)29-11-19-33(20-12-29)59-35-23-15-31(16-24-35)45-56-26-37-27(25-57-55)5-3-7-38(37)46(51)52/h27-40,45,55H,3-26H2,1-2H3,(H,44,48)(H,49,50). The molecule has 6 aliphatic carbocycles. The van der Waals surface area contributed by atoms with Crippen molar-refractivity contribution in [3.8, 4) is 0 Å². The monoisotopic (exact) mass is 837 g/mol. The first-order valence-electron chi connectivity index (χ1n) is 23.1. The van der Waals surface area contributed by atoms with E-state index in [1.807, 2.05) is 0 Å². The van der Waals surface area contributed by atoms with E-state index in [4.69, 9.17) is 19.6 Å².